The number of carbonyl (C=O) groups is 1. The fraction of sp³-hybridized carbons (Fsp3) is 0.421. The summed E-state index contributed by atoms with van der Waals surface area (Å²) < 4.78 is 0. The molecule has 5 nitrogen and oxygen atoms in total. The number of hydrogen-bond acceptors (Lipinski definition) is 3. The molecule has 1 aromatic carbocycles. The molecule has 1 saturated heterocycles. The minimum Gasteiger partial charge on any atom is -0.346 e. The van der Waals surface area contributed by atoms with Crippen molar-refractivity contribution in [1.29, 1.82) is 5.26 Å². The highest BCUT2D eigenvalue weighted by Crippen LogP contribution is 2.42. The fourth-order valence-corrected chi connectivity index (χ4v) is 3.57. The van der Waals surface area contributed by atoms with Crippen LogP contribution >= 0.6 is 0 Å². The molecule has 2 aromatic rings. The number of nitriles is 1. The average Bonchev–Trinajstić information content (AvgIpc) is 3.28. The number of imidazole rings is 1. The maximum Gasteiger partial charge on any atom is 0.227 e. The molecule has 1 aliphatic heterocycles. The minimum absolute atomic E-state index is 0.00338. The normalized spacial score (nSPS) is 26.0. The molecule has 1 aromatic heterocycles. The highest BCUT2D eigenvalue weighted by molar-refractivity contribution is 5.82. The molecular weight excluding hydrogens is 300 g/mol. The van der Waals surface area contributed by atoms with Crippen molar-refractivity contribution < 1.29 is 4.79 Å². The fourth-order valence-electron chi connectivity index (χ4n) is 3.57. The van der Waals surface area contributed by atoms with Gasteiger partial charge in [0.2, 0.25) is 5.91 Å². The number of piperidine rings is 1. The van der Waals surface area contributed by atoms with Crippen molar-refractivity contribution in [2.45, 2.75) is 31.7 Å². The molecule has 1 amide bonds. The number of aromatic amines is 1. The monoisotopic (exact) mass is 320 g/mol. The second kappa shape index (κ2) is 6.12. The zero-order valence-corrected chi connectivity index (χ0v) is 13.5. The van der Waals surface area contributed by atoms with Crippen LogP contribution < -0.4 is 0 Å². The molecule has 0 bridgehead atoms. The molecule has 0 radical (unpaired) electrons. The van der Waals surface area contributed by atoms with E-state index in [0.29, 0.717) is 6.42 Å². The molecule has 24 heavy (non-hydrogen) atoms. The molecular formula is C19H20N4O. The summed E-state index contributed by atoms with van der Waals surface area (Å²) in [6.45, 7) is 0.763. The van der Waals surface area contributed by atoms with Gasteiger partial charge in [0.1, 0.15) is 5.82 Å². The molecule has 2 heterocycles. The molecule has 2 aliphatic rings. The highest BCUT2D eigenvalue weighted by Gasteiger charge is 2.47. The van der Waals surface area contributed by atoms with Crippen LogP contribution in [0.5, 0.6) is 0 Å². The average molecular weight is 320 g/mol. The number of amides is 1. The van der Waals surface area contributed by atoms with Crippen molar-refractivity contribution in [3.8, 4) is 17.3 Å². The molecule has 1 saturated carbocycles. The standard InChI is InChI=1S/C19H20N4O/c20-11-14-10-15(14)19(24)23-9-5-4-8-17(23)18-21-12-16(22-18)13-6-2-1-3-7-13/h1-3,6-7,12,14-15,17H,4-5,8-10H2,(H,21,22). The van der Waals surface area contributed by atoms with Crippen LogP contribution in [0, 0.1) is 23.2 Å². The maximum absolute atomic E-state index is 12.7. The van der Waals surface area contributed by atoms with Crippen LogP contribution in [0.15, 0.2) is 36.5 Å². The largest absolute Gasteiger partial charge is 0.346 e. The van der Waals surface area contributed by atoms with Crippen molar-refractivity contribution in [3.05, 3.63) is 42.4 Å². The quantitative estimate of drug-likeness (QED) is 0.943. The Morgan fingerprint density at radius 3 is 2.88 bits per heavy atom. The van der Waals surface area contributed by atoms with E-state index in [4.69, 9.17) is 10.2 Å². The minimum atomic E-state index is -0.0980. The van der Waals surface area contributed by atoms with Gasteiger partial charge in [-0.15, -0.1) is 0 Å². The lowest BCUT2D eigenvalue weighted by atomic mass is 10.0. The Balaban J connectivity index is 1.56. The first-order valence-corrected chi connectivity index (χ1v) is 8.59. The summed E-state index contributed by atoms with van der Waals surface area (Å²) in [4.78, 5) is 22.7. The molecule has 3 unspecified atom stereocenters. The Labute approximate surface area is 141 Å². The van der Waals surface area contributed by atoms with Crippen LogP contribution in [-0.4, -0.2) is 27.3 Å². The number of nitrogens with one attached hydrogen (secondary N) is 1. The van der Waals surface area contributed by atoms with Gasteiger partial charge in [-0.2, -0.15) is 5.26 Å². The van der Waals surface area contributed by atoms with Gasteiger partial charge < -0.3 is 9.88 Å². The summed E-state index contributed by atoms with van der Waals surface area (Å²) in [6, 6.07) is 12.3. The Hall–Kier alpha value is -2.61. The molecule has 4 rings (SSSR count). The lowest BCUT2D eigenvalue weighted by Gasteiger charge is -2.34. The van der Waals surface area contributed by atoms with Gasteiger partial charge >= 0.3 is 0 Å². The second-order valence-corrected chi connectivity index (χ2v) is 6.66. The number of benzene rings is 1. The van der Waals surface area contributed by atoms with Crippen molar-refractivity contribution >= 4 is 5.91 Å². The predicted molar refractivity (Wildman–Crippen MR) is 89.5 cm³/mol. The van der Waals surface area contributed by atoms with E-state index >= 15 is 0 Å². The van der Waals surface area contributed by atoms with E-state index < -0.39 is 0 Å². The molecule has 3 atom stereocenters. The zero-order chi connectivity index (χ0) is 16.5. The van der Waals surface area contributed by atoms with Gasteiger partial charge in [0, 0.05) is 18.3 Å². The predicted octanol–water partition coefficient (Wildman–Crippen LogP) is 3.29. The molecule has 2 fully saturated rings. The van der Waals surface area contributed by atoms with E-state index in [0.717, 1.165) is 42.9 Å². The number of rotatable bonds is 3. The van der Waals surface area contributed by atoms with E-state index in [9.17, 15) is 4.79 Å². The third-order valence-corrected chi connectivity index (χ3v) is 5.04. The van der Waals surface area contributed by atoms with Crippen LogP contribution in [0.25, 0.3) is 11.3 Å². The summed E-state index contributed by atoms with van der Waals surface area (Å²) >= 11 is 0. The van der Waals surface area contributed by atoms with E-state index in [1.54, 1.807) is 0 Å². The summed E-state index contributed by atoms with van der Waals surface area (Å²) in [5.74, 6) is 0.802. The van der Waals surface area contributed by atoms with E-state index in [-0.39, 0.29) is 23.8 Å². The zero-order valence-electron chi connectivity index (χ0n) is 13.5. The lowest BCUT2D eigenvalue weighted by molar-refractivity contribution is -0.136. The van der Waals surface area contributed by atoms with E-state index in [1.165, 1.54) is 0 Å². The summed E-state index contributed by atoms with van der Waals surface area (Å²) in [5.41, 5.74) is 1.98. The summed E-state index contributed by atoms with van der Waals surface area (Å²) in [5, 5.41) is 9.00. The summed E-state index contributed by atoms with van der Waals surface area (Å²) in [7, 11) is 0. The van der Waals surface area contributed by atoms with Crippen molar-refractivity contribution in [3.63, 3.8) is 0 Å². The van der Waals surface area contributed by atoms with Crippen LogP contribution in [0.2, 0.25) is 0 Å². The first kappa shape index (κ1) is 14.9. The van der Waals surface area contributed by atoms with Crippen LogP contribution in [0.3, 0.4) is 0 Å². The van der Waals surface area contributed by atoms with Gasteiger partial charge in [0.15, 0.2) is 0 Å². The van der Waals surface area contributed by atoms with E-state index in [2.05, 4.69) is 11.1 Å². The third kappa shape index (κ3) is 2.69. The smallest absolute Gasteiger partial charge is 0.227 e. The van der Waals surface area contributed by atoms with Crippen LogP contribution in [-0.2, 0) is 4.79 Å². The number of aromatic nitrogens is 2. The number of likely N-dealkylation sites (tertiary alicyclic amines) is 1. The molecule has 1 aliphatic carbocycles. The van der Waals surface area contributed by atoms with Crippen molar-refractivity contribution in [1.82, 2.24) is 14.9 Å². The highest BCUT2D eigenvalue weighted by atomic mass is 16.2. The molecule has 122 valence electrons. The second-order valence-electron chi connectivity index (χ2n) is 6.66. The molecule has 5 heteroatoms. The third-order valence-electron chi connectivity index (χ3n) is 5.04. The Bertz CT molecular complexity index is 776. The summed E-state index contributed by atoms with van der Waals surface area (Å²) in [6.07, 6.45) is 5.68. The first-order chi connectivity index (χ1) is 11.8. The molecule has 0 spiro atoms. The Morgan fingerprint density at radius 1 is 1.29 bits per heavy atom. The van der Waals surface area contributed by atoms with Gasteiger partial charge in [-0.05, 0) is 25.7 Å². The molecule has 1 N–H and O–H groups in total. The number of nitrogens with zero attached hydrogens (tertiary/aromatic N) is 3. The maximum atomic E-state index is 12.7. The van der Waals surface area contributed by atoms with Gasteiger partial charge in [-0.3, -0.25) is 4.79 Å². The van der Waals surface area contributed by atoms with Gasteiger partial charge in [0.25, 0.3) is 0 Å². The van der Waals surface area contributed by atoms with Crippen LogP contribution in [0.4, 0.5) is 0 Å². The number of hydrogen-bond donors (Lipinski definition) is 1. The SMILES string of the molecule is N#CC1CC1C(=O)N1CCCCC1c1nc(-c2ccccc2)c[nH]1. The van der Waals surface area contributed by atoms with Crippen LogP contribution in [0.1, 0.15) is 37.5 Å². The number of H-pyrrole nitrogens is 1. The Morgan fingerprint density at radius 2 is 2.12 bits per heavy atom. The van der Waals surface area contributed by atoms with Gasteiger partial charge in [0.05, 0.1) is 29.6 Å². The van der Waals surface area contributed by atoms with Gasteiger partial charge in [-0.1, -0.05) is 30.3 Å². The van der Waals surface area contributed by atoms with E-state index in [1.807, 2.05) is 41.4 Å². The topological polar surface area (TPSA) is 72.8 Å². The Kier molecular flexibility index (Phi) is 3.81. The van der Waals surface area contributed by atoms with Crippen molar-refractivity contribution in [2.24, 2.45) is 11.8 Å². The number of carbonyl (C=O) groups excluding carboxylic acids is 1. The van der Waals surface area contributed by atoms with Gasteiger partial charge in [-0.25, -0.2) is 4.98 Å². The first-order valence-electron chi connectivity index (χ1n) is 8.59. The lowest BCUT2D eigenvalue weighted by Crippen LogP contribution is -2.40. The van der Waals surface area contributed by atoms with Crippen molar-refractivity contribution in [2.75, 3.05) is 6.54 Å².